The maximum absolute atomic E-state index is 12.3. The van der Waals surface area contributed by atoms with E-state index in [-0.39, 0.29) is 30.7 Å². The molecule has 0 saturated carbocycles. The summed E-state index contributed by atoms with van der Waals surface area (Å²) in [6.45, 7) is 5.26. The fourth-order valence-electron chi connectivity index (χ4n) is 2.17. The van der Waals surface area contributed by atoms with Gasteiger partial charge in [-0.2, -0.15) is 0 Å². The molecule has 116 valence electrons. The van der Waals surface area contributed by atoms with Gasteiger partial charge in [-0.3, -0.25) is 14.4 Å². The fourth-order valence-corrected chi connectivity index (χ4v) is 2.17. The molecular weight excluding hydrogens is 284 g/mol. The van der Waals surface area contributed by atoms with E-state index >= 15 is 0 Å². The van der Waals surface area contributed by atoms with Crippen LogP contribution in [0.3, 0.4) is 0 Å². The number of rotatable bonds is 5. The van der Waals surface area contributed by atoms with Crippen LogP contribution in [0.4, 0.5) is 5.69 Å². The van der Waals surface area contributed by atoms with Crippen molar-refractivity contribution in [2.45, 2.75) is 6.92 Å². The van der Waals surface area contributed by atoms with Gasteiger partial charge in [0.15, 0.2) is 12.4 Å². The van der Waals surface area contributed by atoms with Gasteiger partial charge in [0.2, 0.25) is 5.91 Å². The smallest absolute Gasteiger partial charge is 0.264 e. The number of carbonyl (C=O) groups excluding carboxylic acids is 3. The molecular formula is C16H18N2O4. The number of benzene rings is 1. The van der Waals surface area contributed by atoms with Gasteiger partial charge in [0.25, 0.3) is 5.91 Å². The lowest BCUT2D eigenvalue weighted by atomic mass is 10.1. The number of carbonyl (C=O) groups is 3. The van der Waals surface area contributed by atoms with Gasteiger partial charge in [-0.05, 0) is 18.2 Å². The van der Waals surface area contributed by atoms with Crippen molar-refractivity contribution in [2.75, 3.05) is 31.6 Å². The summed E-state index contributed by atoms with van der Waals surface area (Å²) in [7, 11) is 1.64. The van der Waals surface area contributed by atoms with Crippen molar-refractivity contribution in [1.82, 2.24) is 4.90 Å². The number of hydrogen-bond acceptors (Lipinski definition) is 4. The molecule has 22 heavy (non-hydrogen) atoms. The Balaban J connectivity index is 2.22. The first-order valence-corrected chi connectivity index (χ1v) is 6.87. The number of nitrogens with zero attached hydrogens (tertiary/aromatic N) is 2. The molecule has 0 fully saturated rings. The molecule has 0 saturated heterocycles. The molecule has 0 spiro atoms. The molecule has 1 aliphatic heterocycles. The SMILES string of the molecule is C=CCN(CC(=O)c1ccc2c(c1)N(C)C(=O)CO2)C(C)=O. The van der Waals surface area contributed by atoms with Crippen molar-refractivity contribution in [3.63, 3.8) is 0 Å². The van der Waals surface area contributed by atoms with E-state index in [1.54, 1.807) is 31.3 Å². The molecule has 1 aromatic carbocycles. The number of hydrogen-bond donors (Lipinski definition) is 0. The third kappa shape index (κ3) is 3.16. The number of anilines is 1. The van der Waals surface area contributed by atoms with E-state index in [2.05, 4.69) is 6.58 Å². The fraction of sp³-hybridized carbons (Fsp3) is 0.312. The van der Waals surface area contributed by atoms with Crippen LogP contribution in [-0.4, -0.2) is 49.2 Å². The first-order valence-electron chi connectivity index (χ1n) is 6.87. The van der Waals surface area contributed by atoms with E-state index in [1.807, 2.05) is 0 Å². The molecule has 0 bridgehead atoms. The summed E-state index contributed by atoms with van der Waals surface area (Å²) in [4.78, 5) is 38.3. The predicted octanol–water partition coefficient (Wildman–Crippen LogP) is 1.26. The van der Waals surface area contributed by atoms with E-state index in [0.29, 0.717) is 23.5 Å². The van der Waals surface area contributed by atoms with Crippen molar-refractivity contribution < 1.29 is 19.1 Å². The largest absolute Gasteiger partial charge is 0.482 e. The number of amides is 2. The van der Waals surface area contributed by atoms with Crippen LogP contribution in [0, 0.1) is 0 Å². The number of ether oxygens (including phenoxy) is 1. The lowest BCUT2D eigenvalue weighted by molar-refractivity contribution is -0.127. The molecule has 6 heteroatoms. The topological polar surface area (TPSA) is 66.9 Å². The molecule has 0 N–H and O–H groups in total. The van der Waals surface area contributed by atoms with Crippen LogP contribution >= 0.6 is 0 Å². The Labute approximate surface area is 129 Å². The van der Waals surface area contributed by atoms with Crippen molar-refractivity contribution in [3.05, 3.63) is 36.4 Å². The molecule has 2 amide bonds. The van der Waals surface area contributed by atoms with E-state index < -0.39 is 0 Å². The first kappa shape index (κ1) is 15.8. The standard InChI is InChI=1S/C16H18N2O4/c1-4-7-18(11(2)19)9-14(20)12-5-6-15-13(8-12)17(3)16(21)10-22-15/h4-6,8H,1,7,9-10H2,2-3H3. The average Bonchev–Trinajstić information content (AvgIpc) is 2.50. The lowest BCUT2D eigenvalue weighted by Gasteiger charge is -2.26. The summed E-state index contributed by atoms with van der Waals surface area (Å²) in [6.07, 6.45) is 1.57. The van der Waals surface area contributed by atoms with Crippen LogP contribution < -0.4 is 9.64 Å². The molecule has 1 aromatic rings. The minimum atomic E-state index is -0.203. The van der Waals surface area contributed by atoms with Crippen molar-refractivity contribution in [2.24, 2.45) is 0 Å². The predicted molar refractivity (Wildman–Crippen MR) is 82.1 cm³/mol. The Morgan fingerprint density at radius 1 is 1.45 bits per heavy atom. The van der Waals surface area contributed by atoms with Crippen LogP contribution in [0.5, 0.6) is 5.75 Å². The minimum absolute atomic E-state index is 0.00571. The first-order chi connectivity index (χ1) is 10.4. The normalized spacial score (nSPS) is 13.2. The summed E-state index contributed by atoms with van der Waals surface area (Å²) >= 11 is 0. The Bertz CT molecular complexity index is 639. The lowest BCUT2D eigenvalue weighted by Crippen LogP contribution is -2.36. The zero-order valence-electron chi connectivity index (χ0n) is 12.7. The van der Waals surface area contributed by atoms with Gasteiger partial charge in [-0.25, -0.2) is 0 Å². The Kier molecular flexibility index (Phi) is 4.60. The van der Waals surface area contributed by atoms with Gasteiger partial charge in [0.05, 0.1) is 12.2 Å². The second-order valence-corrected chi connectivity index (χ2v) is 5.04. The molecule has 1 aliphatic rings. The van der Waals surface area contributed by atoms with Crippen LogP contribution in [-0.2, 0) is 9.59 Å². The molecule has 0 atom stereocenters. The van der Waals surface area contributed by atoms with Crippen LogP contribution in [0.1, 0.15) is 17.3 Å². The molecule has 0 radical (unpaired) electrons. The number of fused-ring (bicyclic) bond motifs is 1. The zero-order valence-corrected chi connectivity index (χ0v) is 12.7. The molecule has 0 aliphatic carbocycles. The third-order valence-corrected chi connectivity index (χ3v) is 3.50. The third-order valence-electron chi connectivity index (χ3n) is 3.50. The van der Waals surface area contributed by atoms with Crippen molar-refractivity contribution in [1.29, 1.82) is 0 Å². The van der Waals surface area contributed by atoms with Gasteiger partial charge in [0, 0.05) is 26.1 Å². The summed E-state index contributed by atoms with van der Waals surface area (Å²) in [5.41, 5.74) is 0.986. The van der Waals surface area contributed by atoms with E-state index in [1.165, 1.54) is 16.7 Å². The molecule has 0 aromatic heterocycles. The monoisotopic (exact) mass is 302 g/mol. The summed E-state index contributed by atoms with van der Waals surface area (Å²) in [5, 5.41) is 0. The number of likely N-dealkylation sites (N-methyl/N-ethyl adjacent to an activating group) is 1. The highest BCUT2D eigenvalue weighted by atomic mass is 16.5. The van der Waals surface area contributed by atoms with E-state index in [4.69, 9.17) is 4.74 Å². The maximum atomic E-state index is 12.3. The van der Waals surface area contributed by atoms with E-state index in [9.17, 15) is 14.4 Å². The van der Waals surface area contributed by atoms with Gasteiger partial charge in [0.1, 0.15) is 5.75 Å². The van der Waals surface area contributed by atoms with Gasteiger partial charge < -0.3 is 14.5 Å². The second-order valence-electron chi connectivity index (χ2n) is 5.04. The highest BCUT2D eigenvalue weighted by molar-refractivity contribution is 6.03. The highest BCUT2D eigenvalue weighted by Crippen LogP contribution is 2.32. The molecule has 1 heterocycles. The van der Waals surface area contributed by atoms with Crippen LogP contribution in [0.2, 0.25) is 0 Å². The van der Waals surface area contributed by atoms with Crippen LogP contribution in [0.15, 0.2) is 30.9 Å². The summed E-state index contributed by atoms with van der Waals surface area (Å²) < 4.78 is 5.32. The van der Waals surface area contributed by atoms with Crippen molar-refractivity contribution >= 4 is 23.3 Å². The van der Waals surface area contributed by atoms with Gasteiger partial charge >= 0.3 is 0 Å². The Morgan fingerprint density at radius 2 is 2.18 bits per heavy atom. The Morgan fingerprint density at radius 3 is 2.82 bits per heavy atom. The summed E-state index contributed by atoms with van der Waals surface area (Å²) in [6, 6.07) is 4.91. The maximum Gasteiger partial charge on any atom is 0.264 e. The molecule has 0 unspecified atom stereocenters. The van der Waals surface area contributed by atoms with Crippen molar-refractivity contribution in [3.8, 4) is 5.75 Å². The number of Topliss-reactive ketones (excluding diaryl/α,β-unsaturated/α-hetero) is 1. The molecule has 2 rings (SSSR count). The zero-order chi connectivity index (χ0) is 16.3. The summed E-state index contributed by atoms with van der Waals surface area (Å²) in [5.74, 6) is -0.00426. The Hall–Kier alpha value is -2.63. The van der Waals surface area contributed by atoms with E-state index in [0.717, 1.165) is 0 Å². The average molecular weight is 302 g/mol. The minimum Gasteiger partial charge on any atom is -0.482 e. The van der Waals surface area contributed by atoms with Gasteiger partial charge in [-0.15, -0.1) is 6.58 Å². The molecule has 6 nitrogen and oxygen atoms in total. The second kappa shape index (κ2) is 6.43. The highest BCUT2D eigenvalue weighted by Gasteiger charge is 2.24. The van der Waals surface area contributed by atoms with Gasteiger partial charge in [-0.1, -0.05) is 6.08 Å². The van der Waals surface area contributed by atoms with Crippen LogP contribution in [0.25, 0.3) is 0 Å². The quantitative estimate of drug-likeness (QED) is 0.606. The number of ketones is 1.